The lowest BCUT2D eigenvalue weighted by atomic mass is 9.95. The van der Waals surface area contributed by atoms with Crippen LogP contribution in [0.2, 0.25) is 0 Å². The molecule has 0 unspecified atom stereocenters. The zero-order valence-electron chi connectivity index (χ0n) is 20.5. The van der Waals surface area contributed by atoms with Crippen LogP contribution in [0.25, 0.3) is 10.9 Å². The summed E-state index contributed by atoms with van der Waals surface area (Å²) in [7, 11) is 2.03. The second-order valence-electron chi connectivity index (χ2n) is 9.41. The predicted molar refractivity (Wildman–Crippen MR) is 133 cm³/mol. The Morgan fingerprint density at radius 3 is 2.46 bits per heavy atom. The van der Waals surface area contributed by atoms with Gasteiger partial charge in [-0.15, -0.1) is 0 Å². The van der Waals surface area contributed by atoms with Crippen molar-refractivity contribution in [1.29, 1.82) is 0 Å². The van der Waals surface area contributed by atoms with E-state index in [1.54, 1.807) is 16.7 Å². The SMILES string of the molecule is CCOC(=O)C1CCN(C(=O)CN2C(=O)c3ccccc3[C@H]2c2c(C)n(C)c3ccccc23)CC1. The van der Waals surface area contributed by atoms with E-state index in [-0.39, 0.29) is 36.3 Å². The summed E-state index contributed by atoms with van der Waals surface area (Å²) < 4.78 is 7.30. The molecular formula is C28H31N3O4. The molecule has 0 aliphatic carbocycles. The van der Waals surface area contributed by atoms with E-state index in [9.17, 15) is 14.4 Å². The van der Waals surface area contributed by atoms with Crippen LogP contribution in [0.1, 0.15) is 53.0 Å². The number of rotatable bonds is 5. The van der Waals surface area contributed by atoms with Crippen molar-refractivity contribution in [2.75, 3.05) is 26.2 Å². The average Bonchev–Trinajstić information content (AvgIpc) is 3.29. The van der Waals surface area contributed by atoms with Crippen molar-refractivity contribution in [2.24, 2.45) is 13.0 Å². The first-order valence-corrected chi connectivity index (χ1v) is 12.3. The molecule has 7 heteroatoms. The first-order valence-electron chi connectivity index (χ1n) is 12.3. The fourth-order valence-corrected chi connectivity index (χ4v) is 5.61. The van der Waals surface area contributed by atoms with Gasteiger partial charge in [0.25, 0.3) is 5.91 Å². The topological polar surface area (TPSA) is 71.8 Å². The minimum Gasteiger partial charge on any atom is -0.466 e. The summed E-state index contributed by atoms with van der Waals surface area (Å²) in [5.74, 6) is -0.553. The van der Waals surface area contributed by atoms with E-state index in [4.69, 9.17) is 4.74 Å². The first kappa shape index (κ1) is 23.1. The van der Waals surface area contributed by atoms with Gasteiger partial charge in [0.2, 0.25) is 5.91 Å². The van der Waals surface area contributed by atoms with Gasteiger partial charge in [-0.05, 0) is 44.4 Å². The van der Waals surface area contributed by atoms with Crippen LogP contribution in [0.3, 0.4) is 0 Å². The molecule has 35 heavy (non-hydrogen) atoms. The van der Waals surface area contributed by atoms with Crippen molar-refractivity contribution in [2.45, 2.75) is 32.7 Å². The monoisotopic (exact) mass is 473 g/mol. The van der Waals surface area contributed by atoms with Crippen LogP contribution in [0.4, 0.5) is 0 Å². The molecule has 5 rings (SSSR count). The molecule has 0 N–H and O–H groups in total. The number of carbonyl (C=O) groups is 3. The smallest absolute Gasteiger partial charge is 0.309 e. The predicted octanol–water partition coefficient (Wildman–Crippen LogP) is 3.83. The number of piperidine rings is 1. The number of esters is 1. The number of hydrogen-bond donors (Lipinski definition) is 0. The van der Waals surface area contributed by atoms with E-state index < -0.39 is 0 Å². The van der Waals surface area contributed by atoms with Gasteiger partial charge in [-0.25, -0.2) is 0 Å². The molecule has 7 nitrogen and oxygen atoms in total. The van der Waals surface area contributed by atoms with E-state index in [0.29, 0.717) is 38.1 Å². The molecule has 1 fully saturated rings. The number of ether oxygens (including phenoxy) is 1. The summed E-state index contributed by atoms with van der Waals surface area (Å²) in [6, 6.07) is 15.5. The number of likely N-dealkylation sites (tertiary alicyclic amines) is 1. The highest BCUT2D eigenvalue weighted by Gasteiger charge is 2.41. The third kappa shape index (κ3) is 3.89. The Morgan fingerprint density at radius 1 is 1.03 bits per heavy atom. The van der Waals surface area contributed by atoms with Gasteiger partial charge in [0.15, 0.2) is 0 Å². The summed E-state index contributed by atoms with van der Waals surface area (Å²) in [5, 5.41) is 1.09. The van der Waals surface area contributed by atoms with Crippen molar-refractivity contribution in [1.82, 2.24) is 14.4 Å². The summed E-state index contributed by atoms with van der Waals surface area (Å²) in [6.07, 6.45) is 1.18. The third-order valence-corrected chi connectivity index (χ3v) is 7.55. The van der Waals surface area contributed by atoms with E-state index in [0.717, 1.165) is 27.7 Å². The minimum absolute atomic E-state index is 0.00488. The van der Waals surface area contributed by atoms with Gasteiger partial charge >= 0.3 is 5.97 Å². The van der Waals surface area contributed by atoms with Crippen molar-refractivity contribution < 1.29 is 19.1 Å². The van der Waals surface area contributed by atoms with Crippen LogP contribution in [0.15, 0.2) is 48.5 Å². The lowest BCUT2D eigenvalue weighted by Gasteiger charge is -2.33. The average molecular weight is 474 g/mol. The van der Waals surface area contributed by atoms with Crippen molar-refractivity contribution >= 4 is 28.7 Å². The molecule has 0 saturated carbocycles. The van der Waals surface area contributed by atoms with Gasteiger partial charge in [0.05, 0.1) is 18.6 Å². The van der Waals surface area contributed by atoms with Crippen molar-refractivity contribution in [3.63, 3.8) is 0 Å². The largest absolute Gasteiger partial charge is 0.466 e. The summed E-state index contributed by atoms with van der Waals surface area (Å²) >= 11 is 0. The summed E-state index contributed by atoms with van der Waals surface area (Å²) in [5.41, 5.74) is 4.83. The molecular weight excluding hydrogens is 442 g/mol. The van der Waals surface area contributed by atoms with Gasteiger partial charge in [-0.2, -0.15) is 0 Å². The Kier molecular flexibility index (Phi) is 6.09. The molecule has 0 radical (unpaired) electrons. The van der Waals surface area contributed by atoms with Crippen LogP contribution < -0.4 is 0 Å². The van der Waals surface area contributed by atoms with Crippen LogP contribution in [-0.4, -0.2) is 58.4 Å². The van der Waals surface area contributed by atoms with Gasteiger partial charge in [0.1, 0.15) is 6.54 Å². The summed E-state index contributed by atoms with van der Waals surface area (Å²) in [6.45, 7) is 5.23. The molecule has 2 aromatic carbocycles. The Balaban J connectivity index is 1.44. The number of benzene rings is 2. The zero-order chi connectivity index (χ0) is 24.7. The van der Waals surface area contributed by atoms with Crippen LogP contribution in [0.5, 0.6) is 0 Å². The number of fused-ring (bicyclic) bond motifs is 2. The molecule has 2 amide bonds. The van der Waals surface area contributed by atoms with E-state index in [1.165, 1.54) is 0 Å². The Hall–Kier alpha value is -3.61. The number of nitrogens with zero attached hydrogens (tertiary/aromatic N) is 3. The maximum atomic E-state index is 13.6. The van der Waals surface area contributed by atoms with E-state index >= 15 is 0 Å². The van der Waals surface area contributed by atoms with Gasteiger partial charge < -0.3 is 19.1 Å². The molecule has 0 bridgehead atoms. The minimum atomic E-state index is -0.328. The van der Waals surface area contributed by atoms with Gasteiger partial charge in [0, 0.05) is 47.9 Å². The van der Waals surface area contributed by atoms with Crippen LogP contribution >= 0.6 is 0 Å². The number of para-hydroxylation sites is 1. The zero-order valence-corrected chi connectivity index (χ0v) is 20.5. The standard InChI is InChI=1S/C28H31N3O4/c1-4-35-28(34)19-13-15-30(16-14-19)24(32)17-31-26(20-9-5-6-10-21(20)27(31)33)25-18(2)29(3)23-12-8-7-11-22(23)25/h5-12,19,26H,4,13-17H2,1-3H3/t26-/m0/s1. The number of aromatic nitrogens is 1. The van der Waals surface area contributed by atoms with Crippen LogP contribution in [-0.2, 0) is 21.4 Å². The molecule has 0 spiro atoms. The molecule has 182 valence electrons. The van der Waals surface area contributed by atoms with E-state index in [1.807, 2.05) is 43.4 Å². The highest BCUT2D eigenvalue weighted by atomic mass is 16.5. The quantitative estimate of drug-likeness (QED) is 0.528. The fraction of sp³-hybridized carbons (Fsp3) is 0.393. The number of aryl methyl sites for hydroxylation is 1. The second kappa shape index (κ2) is 9.21. The van der Waals surface area contributed by atoms with Crippen molar-refractivity contribution in [3.05, 3.63) is 70.9 Å². The first-order chi connectivity index (χ1) is 16.9. The number of carbonyl (C=O) groups excluding carboxylic acids is 3. The number of amides is 2. The summed E-state index contributed by atoms with van der Waals surface area (Å²) in [4.78, 5) is 42.5. The highest BCUT2D eigenvalue weighted by molar-refractivity contribution is 6.02. The normalized spacial score (nSPS) is 18.3. The molecule has 1 saturated heterocycles. The molecule has 3 heterocycles. The maximum Gasteiger partial charge on any atom is 0.309 e. The van der Waals surface area contributed by atoms with Crippen LogP contribution in [0, 0.1) is 12.8 Å². The molecule has 3 aromatic rings. The molecule has 2 aliphatic heterocycles. The number of hydrogen-bond acceptors (Lipinski definition) is 4. The van der Waals surface area contributed by atoms with E-state index in [2.05, 4.69) is 23.6 Å². The highest BCUT2D eigenvalue weighted by Crippen LogP contribution is 2.43. The second-order valence-corrected chi connectivity index (χ2v) is 9.41. The van der Waals surface area contributed by atoms with Gasteiger partial charge in [-0.1, -0.05) is 36.4 Å². The fourth-order valence-electron chi connectivity index (χ4n) is 5.61. The molecule has 1 atom stereocenters. The third-order valence-electron chi connectivity index (χ3n) is 7.55. The maximum absolute atomic E-state index is 13.6. The van der Waals surface area contributed by atoms with Crippen molar-refractivity contribution in [3.8, 4) is 0 Å². The Morgan fingerprint density at radius 2 is 1.71 bits per heavy atom. The lowest BCUT2D eigenvalue weighted by Crippen LogP contribution is -2.46. The molecule has 1 aromatic heterocycles. The Labute approximate surface area is 205 Å². The lowest BCUT2D eigenvalue weighted by molar-refractivity contribution is -0.151. The Bertz CT molecular complexity index is 1300. The molecule has 2 aliphatic rings. The van der Waals surface area contributed by atoms with Gasteiger partial charge in [-0.3, -0.25) is 14.4 Å².